The van der Waals surface area contributed by atoms with Crippen molar-refractivity contribution < 1.29 is 4.42 Å². The second-order valence-electron chi connectivity index (χ2n) is 4.10. The number of rotatable bonds is 5. The molecule has 19 heavy (non-hydrogen) atoms. The largest absolute Gasteiger partial charge is 0.439 e. The predicted octanol–water partition coefficient (Wildman–Crippen LogP) is 4.58. The summed E-state index contributed by atoms with van der Waals surface area (Å²) < 4.78 is 10.8. The van der Waals surface area contributed by atoms with E-state index in [0.29, 0.717) is 5.88 Å². The molecule has 0 amide bonds. The number of halogens is 1. The first-order valence-corrected chi connectivity index (χ1v) is 9.44. The molecule has 0 radical (unpaired) electrons. The predicted molar refractivity (Wildman–Crippen MR) is 94.4 cm³/mol. The lowest BCUT2D eigenvalue weighted by molar-refractivity contribution is 0.569. The van der Waals surface area contributed by atoms with Crippen LogP contribution in [0.5, 0.6) is 0 Å². The van der Waals surface area contributed by atoms with Gasteiger partial charge in [-0.05, 0) is 29.2 Å². The third kappa shape index (κ3) is 3.66. The topological polar surface area (TPSA) is 28.4 Å². The van der Waals surface area contributed by atoms with Crippen LogP contribution in [0.1, 0.15) is 0 Å². The lowest BCUT2D eigenvalue weighted by atomic mass is 10.4. The van der Waals surface area contributed by atoms with Gasteiger partial charge in [0.05, 0.1) is 13.7 Å². The number of hydrogen-bond donors (Lipinski definition) is 1. The smallest absolute Gasteiger partial charge is 0.195 e. The van der Waals surface area contributed by atoms with Crippen LogP contribution in [0.4, 0.5) is 5.88 Å². The molecule has 1 N–H and O–H groups in total. The number of nitrogens with zero attached hydrogens (tertiary/aromatic N) is 1. The Morgan fingerprint density at radius 2 is 2.37 bits per heavy atom. The zero-order valence-electron chi connectivity index (χ0n) is 10.7. The molecule has 0 saturated heterocycles. The van der Waals surface area contributed by atoms with Gasteiger partial charge in [-0.25, -0.2) is 0 Å². The zero-order valence-corrected chi connectivity index (χ0v) is 14.8. The van der Waals surface area contributed by atoms with Crippen molar-refractivity contribution in [3.8, 4) is 0 Å². The van der Waals surface area contributed by atoms with Crippen LogP contribution in [-0.4, -0.2) is 36.6 Å². The molecule has 2 rings (SSSR count). The highest BCUT2D eigenvalue weighted by Gasteiger charge is 2.08. The number of hydrogen-bond acceptors (Lipinski definition) is 5. The van der Waals surface area contributed by atoms with Crippen molar-refractivity contribution in [2.24, 2.45) is 0 Å². The number of fused-ring (bicyclic) bond motifs is 1. The van der Waals surface area contributed by atoms with Crippen LogP contribution in [0.15, 0.2) is 20.3 Å². The summed E-state index contributed by atoms with van der Waals surface area (Å²) in [6.45, 7) is 1.71. The standard InChI is InChI=1S/C12H15BrN2OS3/c1-15(19(2)3)5-4-14-10-6-9(17)12-11(16-10)8(13)7-18-12/h6-7,14H,2,4-5H2,1,3H3. The van der Waals surface area contributed by atoms with Gasteiger partial charge in [0.1, 0.15) is 0 Å². The van der Waals surface area contributed by atoms with E-state index in [2.05, 4.69) is 44.7 Å². The minimum atomic E-state index is 0.0442. The molecule has 0 saturated carbocycles. The van der Waals surface area contributed by atoms with Crippen molar-refractivity contribution in [2.45, 2.75) is 0 Å². The molecule has 0 fully saturated rings. The van der Waals surface area contributed by atoms with E-state index in [0.717, 1.165) is 32.4 Å². The number of nitrogens with one attached hydrogen (secondary N) is 1. The average Bonchev–Trinajstić information content (AvgIpc) is 2.71. The molecule has 0 bridgehead atoms. The molecule has 104 valence electrons. The van der Waals surface area contributed by atoms with Crippen LogP contribution < -0.4 is 5.32 Å². The maximum atomic E-state index is 5.81. The van der Waals surface area contributed by atoms with E-state index in [1.807, 2.05) is 11.4 Å². The Bertz CT molecular complexity index is 665. The van der Waals surface area contributed by atoms with Gasteiger partial charge in [0.2, 0.25) is 0 Å². The maximum absolute atomic E-state index is 5.81. The molecule has 1 unspecified atom stereocenters. The number of anilines is 1. The highest BCUT2D eigenvalue weighted by Crippen LogP contribution is 2.33. The Hall–Kier alpha value is -0.210. The van der Waals surface area contributed by atoms with E-state index in [4.69, 9.17) is 16.6 Å². The van der Waals surface area contributed by atoms with Crippen LogP contribution in [0.3, 0.4) is 0 Å². The Labute approximate surface area is 132 Å². The monoisotopic (exact) mass is 378 g/mol. The summed E-state index contributed by atoms with van der Waals surface area (Å²) in [5.74, 6) is 4.72. The van der Waals surface area contributed by atoms with Crippen LogP contribution in [-0.2, 0) is 0 Å². The van der Waals surface area contributed by atoms with Gasteiger partial charge in [0.25, 0.3) is 0 Å². The summed E-state index contributed by atoms with van der Waals surface area (Å²) in [6.07, 6.45) is 2.10. The fourth-order valence-electron chi connectivity index (χ4n) is 1.49. The summed E-state index contributed by atoms with van der Waals surface area (Å²) in [7, 11) is 2.11. The van der Waals surface area contributed by atoms with E-state index in [1.54, 1.807) is 11.3 Å². The molecule has 0 aromatic carbocycles. The molecular weight excluding hydrogens is 364 g/mol. The van der Waals surface area contributed by atoms with Crippen molar-refractivity contribution in [1.82, 2.24) is 4.31 Å². The van der Waals surface area contributed by atoms with E-state index in [9.17, 15) is 0 Å². The molecule has 7 heteroatoms. The molecule has 0 spiro atoms. The van der Waals surface area contributed by atoms with E-state index >= 15 is 0 Å². The fourth-order valence-corrected chi connectivity index (χ4v) is 3.69. The van der Waals surface area contributed by atoms with Gasteiger partial charge in [-0.3, -0.25) is 4.31 Å². The minimum absolute atomic E-state index is 0.0442. The third-order valence-electron chi connectivity index (χ3n) is 2.66. The van der Waals surface area contributed by atoms with E-state index in [-0.39, 0.29) is 10.7 Å². The van der Waals surface area contributed by atoms with Gasteiger partial charge < -0.3 is 9.73 Å². The summed E-state index contributed by atoms with van der Waals surface area (Å²) >= 11 is 10.4. The van der Waals surface area contributed by atoms with Crippen molar-refractivity contribution in [3.05, 3.63) is 20.4 Å². The quantitative estimate of drug-likeness (QED) is 0.770. The first-order valence-electron chi connectivity index (χ1n) is 5.60. The second-order valence-corrected chi connectivity index (χ2v) is 8.09. The summed E-state index contributed by atoms with van der Waals surface area (Å²) in [5, 5.41) is 5.26. The average molecular weight is 379 g/mol. The summed E-state index contributed by atoms with van der Waals surface area (Å²) in [6, 6.07) is 1.87. The lowest BCUT2D eigenvalue weighted by Crippen LogP contribution is -2.20. The van der Waals surface area contributed by atoms with Gasteiger partial charge >= 0.3 is 0 Å². The fraction of sp³-hybridized carbons (Fsp3) is 0.333. The molecule has 1 atom stereocenters. The molecule has 2 heterocycles. The highest BCUT2D eigenvalue weighted by molar-refractivity contribution is 9.10. The molecule has 2 aromatic heterocycles. The van der Waals surface area contributed by atoms with E-state index < -0.39 is 0 Å². The van der Waals surface area contributed by atoms with Gasteiger partial charge in [-0.1, -0.05) is 18.1 Å². The zero-order chi connectivity index (χ0) is 14.0. The Balaban J connectivity index is 2.11. The van der Waals surface area contributed by atoms with Crippen LogP contribution in [0.25, 0.3) is 10.3 Å². The Morgan fingerprint density at radius 1 is 1.63 bits per heavy atom. The second kappa shape index (κ2) is 6.49. The minimum Gasteiger partial charge on any atom is -0.439 e. The van der Waals surface area contributed by atoms with Crippen molar-refractivity contribution in [2.75, 3.05) is 31.7 Å². The molecule has 0 aliphatic carbocycles. The Kier molecular flexibility index (Phi) is 5.19. The van der Waals surface area contributed by atoms with Gasteiger partial charge in [0, 0.05) is 24.5 Å². The SMILES string of the molecule is C=S(C)N(C)CCNc1cc(=S)c2scc(Br)c2o1. The molecule has 0 aliphatic rings. The lowest BCUT2D eigenvalue weighted by Gasteiger charge is -2.17. The van der Waals surface area contributed by atoms with Crippen molar-refractivity contribution >= 4 is 72.2 Å². The Morgan fingerprint density at radius 3 is 3.05 bits per heavy atom. The third-order valence-corrected chi connectivity index (χ3v) is 6.24. The highest BCUT2D eigenvalue weighted by atomic mass is 79.9. The van der Waals surface area contributed by atoms with Crippen molar-refractivity contribution in [3.63, 3.8) is 0 Å². The molecule has 2 aromatic rings. The van der Waals surface area contributed by atoms with Gasteiger partial charge in [0.15, 0.2) is 11.5 Å². The normalized spacial score (nSPS) is 13.1. The molecular formula is C12H15BrN2OS3. The number of likely N-dealkylation sites (N-methyl/N-ethyl adjacent to an activating group) is 1. The summed E-state index contributed by atoms with van der Waals surface area (Å²) in [4.78, 5) is 0. The van der Waals surface area contributed by atoms with Gasteiger partial charge in [-0.15, -0.1) is 22.0 Å². The number of thiophene rings is 1. The first kappa shape index (κ1) is 15.2. The van der Waals surface area contributed by atoms with E-state index in [1.165, 1.54) is 0 Å². The molecule has 0 aliphatic heterocycles. The molecule has 3 nitrogen and oxygen atoms in total. The summed E-state index contributed by atoms with van der Waals surface area (Å²) in [5.41, 5.74) is 0.820. The van der Waals surface area contributed by atoms with Crippen LogP contribution in [0, 0.1) is 4.51 Å². The first-order chi connectivity index (χ1) is 8.99. The van der Waals surface area contributed by atoms with Crippen molar-refractivity contribution in [1.29, 1.82) is 0 Å². The van der Waals surface area contributed by atoms with Crippen LogP contribution in [0.2, 0.25) is 0 Å². The van der Waals surface area contributed by atoms with Crippen LogP contribution >= 0.6 is 50.2 Å². The maximum Gasteiger partial charge on any atom is 0.195 e. The van der Waals surface area contributed by atoms with Gasteiger partial charge in [-0.2, -0.15) is 0 Å².